The minimum atomic E-state index is -0.724. The maximum absolute atomic E-state index is 9.70. The average molecular weight is 271 g/mol. The molecule has 9 nitrogen and oxygen atoms in total. The molecule has 0 saturated carbocycles. The van der Waals surface area contributed by atoms with Crippen LogP contribution in [0.3, 0.4) is 0 Å². The highest BCUT2D eigenvalue weighted by Crippen LogP contribution is 2.25. The number of nitrogens with two attached hydrogens (primary N) is 1. The summed E-state index contributed by atoms with van der Waals surface area (Å²) in [5.41, 5.74) is 5.55. The Hall–Kier alpha value is -1.71. The molecule has 1 saturated heterocycles. The van der Waals surface area contributed by atoms with Gasteiger partial charge < -0.3 is 30.3 Å². The van der Waals surface area contributed by atoms with Crippen LogP contribution >= 0.6 is 0 Å². The summed E-state index contributed by atoms with van der Waals surface area (Å²) < 4.78 is 10.4. The molecule has 1 aliphatic heterocycles. The number of nitrogen functional groups attached to an aromatic ring is 1. The summed E-state index contributed by atoms with van der Waals surface area (Å²) in [6.45, 7) is -0.242. The minimum Gasteiger partial charge on any atom is -0.467 e. The van der Waals surface area contributed by atoms with Gasteiger partial charge in [-0.3, -0.25) is 0 Å². The highest BCUT2D eigenvalue weighted by atomic mass is 16.5. The van der Waals surface area contributed by atoms with Crippen molar-refractivity contribution in [1.29, 1.82) is 0 Å². The van der Waals surface area contributed by atoms with Crippen molar-refractivity contribution < 1.29 is 19.7 Å². The van der Waals surface area contributed by atoms with Crippen LogP contribution in [0.1, 0.15) is 6.42 Å². The maximum Gasteiger partial charge on any atom is 0.322 e. The van der Waals surface area contributed by atoms with Gasteiger partial charge in [0.05, 0.1) is 19.8 Å². The molecule has 1 aromatic rings. The molecule has 0 radical (unpaired) electrons. The van der Waals surface area contributed by atoms with Crippen LogP contribution in [0.2, 0.25) is 0 Å². The van der Waals surface area contributed by atoms with Gasteiger partial charge in [0.2, 0.25) is 11.9 Å². The van der Waals surface area contributed by atoms with Gasteiger partial charge in [-0.05, 0) is 0 Å². The van der Waals surface area contributed by atoms with Crippen molar-refractivity contribution >= 4 is 11.9 Å². The van der Waals surface area contributed by atoms with Crippen molar-refractivity contribution in [2.75, 3.05) is 31.4 Å². The molecule has 19 heavy (non-hydrogen) atoms. The molecule has 2 rings (SSSR count). The second-order valence-electron chi connectivity index (χ2n) is 4.21. The molecule has 106 valence electrons. The molecule has 0 bridgehead atoms. The Kier molecular flexibility index (Phi) is 3.98. The van der Waals surface area contributed by atoms with Gasteiger partial charge in [-0.25, -0.2) is 0 Å². The average Bonchev–Trinajstić information content (AvgIpc) is 2.78. The lowest BCUT2D eigenvalue weighted by Gasteiger charge is -2.24. The zero-order valence-corrected chi connectivity index (χ0v) is 10.7. The van der Waals surface area contributed by atoms with Gasteiger partial charge in [0, 0.05) is 13.5 Å². The van der Waals surface area contributed by atoms with Crippen LogP contribution in [-0.2, 0) is 4.74 Å². The van der Waals surface area contributed by atoms with Crippen LogP contribution in [0.15, 0.2) is 0 Å². The quantitative estimate of drug-likeness (QED) is 0.591. The third-order valence-corrected chi connectivity index (χ3v) is 2.93. The van der Waals surface area contributed by atoms with Gasteiger partial charge in [-0.2, -0.15) is 15.0 Å². The molecule has 0 aromatic carbocycles. The van der Waals surface area contributed by atoms with E-state index < -0.39 is 18.4 Å². The SMILES string of the molecule is COc1nc(N)nc(N(C)[C@@H]2C[C@H](O)[C@@H](CO)O2)n1. The van der Waals surface area contributed by atoms with Crippen LogP contribution in [0.4, 0.5) is 11.9 Å². The van der Waals surface area contributed by atoms with E-state index in [0.717, 1.165) is 0 Å². The summed E-state index contributed by atoms with van der Waals surface area (Å²) in [6, 6.07) is 0.103. The molecule has 4 N–H and O–H groups in total. The van der Waals surface area contributed by atoms with Gasteiger partial charge >= 0.3 is 6.01 Å². The fraction of sp³-hybridized carbons (Fsp3) is 0.700. The first kappa shape index (κ1) is 13.7. The molecule has 0 spiro atoms. The fourth-order valence-corrected chi connectivity index (χ4v) is 1.86. The second-order valence-corrected chi connectivity index (χ2v) is 4.21. The van der Waals surface area contributed by atoms with E-state index >= 15 is 0 Å². The Labute approximate surface area is 110 Å². The van der Waals surface area contributed by atoms with Crippen LogP contribution in [0, 0.1) is 0 Å². The molecule has 0 aliphatic carbocycles. The number of anilines is 2. The van der Waals surface area contributed by atoms with Gasteiger partial charge in [-0.1, -0.05) is 0 Å². The second kappa shape index (κ2) is 5.51. The van der Waals surface area contributed by atoms with E-state index in [0.29, 0.717) is 6.42 Å². The largest absolute Gasteiger partial charge is 0.467 e. The molecule has 3 atom stereocenters. The zero-order chi connectivity index (χ0) is 14.0. The molecule has 1 aliphatic rings. The van der Waals surface area contributed by atoms with Crippen molar-refractivity contribution in [3.05, 3.63) is 0 Å². The molecular weight excluding hydrogens is 254 g/mol. The minimum absolute atomic E-state index is 0.0333. The Morgan fingerprint density at radius 1 is 1.47 bits per heavy atom. The first-order valence-electron chi connectivity index (χ1n) is 5.78. The number of aliphatic hydroxyl groups is 2. The monoisotopic (exact) mass is 271 g/mol. The highest BCUT2D eigenvalue weighted by Gasteiger charge is 2.36. The van der Waals surface area contributed by atoms with Gasteiger partial charge in [0.15, 0.2) is 0 Å². The van der Waals surface area contributed by atoms with E-state index in [1.165, 1.54) is 7.11 Å². The number of ether oxygens (including phenoxy) is 2. The topological polar surface area (TPSA) is 127 Å². The first-order chi connectivity index (χ1) is 9.05. The van der Waals surface area contributed by atoms with Gasteiger partial charge in [0.25, 0.3) is 0 Å². The summed E-state index contributed by atoms with van der Waals surface area (Å²) in [7, 11) is 3.13. The van der Waals surface area contributed by atoms with Crippen LogP contribution in [-0.4, -0.2) is 64.4 Å². The molecular formula is C10H17N5O4. The Bertz CT molecular complexity index is 446. The predicted molar refractivity (Wildman–Crippen MR) is 65.6 cm³/mol. The van der Waals surface area contributed by atoms with Crippen LogP contribution in [0.25, 0.3) is 0 Å². The lowest BCUT2D eigenvalue weighted by Crippen LogP contribution is -2.33. The van der Waals surface area contributed by atoms with E-state index in [1.807, 2.05) is 0 Å². The number of hydrogen-bond donors (Lipinski definition) is 3. The van der Waals surface area contributed by atoms with Crippen molar-refractivity contribution in [2.24, 2.45) is 0 Å². The molecule has 1 aromatic heterocycles. The van der Waals surface area contributed by atoms with E-state index in [-0.39, 0.29) is 24.5 Å². The third-order valence-electron chi connectivity index (χ3n) is 2.93. The Morgan fingerprint density at radius 2 is 2.21 bits per heavy atom. The lowest BCUT2D eigenvalue weighted by atomic mass is 10.2. The predicted octanol–water partition coefficient (Wildman–Crippen LogP) is -1.63. The standard InChI is InChI=1S/C10H17N5O4/c1-15(7-3-5(17)6(4-16)19-7)9-12-8(11)13-10(14-9)18-2/h5-7,16-17H,3-4H2,1-2H3,(H2,11,12,13,14)/t5-,6+,7-/m0/s1. The van der Waals surface area contributed by atoms with Gasteiger partial charge in [-0.15, -0.1) is 0 Å². The molecule has 2 heterocycles. The normalized spacial score (nSPS) is 26.4. The molecule has 0 unspecified atom stereocenters. The first-order valence-corrected chi connectivity index (χ1v) is 5.78. The van der Waals surface area contributed by atoms with E-state index in [1.54, 1.807) is 11.9 Å². The number of hydrogen-bond acceptors (Lipinski definition) is 9. The van der Waals surface area contributed by atoms with E-state index in [2.05, 4.69) is 15.0 Å². The smallest absolute Gasteiger partial charge is 0.322 e. The van der Waals surface area contributed by atoms with Crippen LogP contribution < -0.4 is 15.4 Å². The van der Waals surface area contributed by atoms with Crippen LogP contribution in [0.5, 0.6) is 6.01 Å². The van der Waals surface area contributed by atoms with E-state index in [9.17, 15) is 5.11 Å². The molecule has 9 heteroatoms. The molecule has 1 fully saturated rings. The third kappa shape index (κ3) is 2.83. The number of methoxy groups -OCH3 is 1. The summed E-state index contributed by atoms with van der Waals surface area (Å²) in [5, 5.41) is 18.7. The zero-order valence-electron chi connectivity index (χ0n) is 10.7. The number of nitrogens with zero attached hydrogens (tertiary/aromatic N) is 4. The molecule has 0 amide bonds. The van der Waals surface area contributed by atoms with Crippen molar-refractivity contribution in [3.8, 4) is 6.01 Å². The summed E-state index contributed by atoms with van der Waals surface area (Å²) >= 11 is 0. The lowest BCUT2D eigenvalue weighted by molar-refractivity contribution is -0.0214. The van der Waals surface area contributed by atoms with Crippen molar-refractivity contribution in [2.45, 2.75) is 24.9 Å². The fourth-order valence-electron chi connectivity index (χ4n) is 1.86. The summed E-state index contributed by atoms with van der Waals surface area (Å²) in [6.07, 6.45) is -1.43. The number of aromatic nitrogens is 3. The summed E-state index contributed by atoms with van der Waals surface area (Å²) in [5.74, 6) is 0.311. The number of rotatable bonds is 4. The Balaban J connectivity index is 2.16. The highest BCUT2D eigenvalue weighted by molar-refractivity contribution is 5.35. The van der Waals surface area contributed by atoms with Crippen molar-refractivity contribution in [1.82, 2.24) is 15.0 Å². The number of aliphatic hydroxyl groups excluding tert-OH is 2. The Morgan fingerprint density at radius 3 is 2.79 bits per heavy atom. The van der Waals surface area contributed by atoms with Crippen molar-refractivity contribution in [3.63, 3.8) is 0 Å². The summed E-state index contributed by atoms with van der Waals surface area (Å²) in [4.78, 5) is 13.4. The van der Waals surface area contributed by atoms with E-state index in [4.69, 9.17) is 20.3 Å². The maximum atomic E-state index is 9.70. The van der Waals surface area contributed by atoms with Gasteiger partial charge in [0.1, 0.15) is 12.3 Å².